The molecule has 150 valence electrons. The highest BCUT2D eigenvalue weighted by Gasteiger charge is 2.26. The quantitative estimate of drug-likeness (QED) is 0.610. The van der Waals surface area contributed by atoms with E-state index >= 15 is 0 Å². The first-order chi connectivity index (χ1) is 13.8. The minimum Gasteiger partial charge on any atom is -0.478 e. The molecule has 1 aromatic carbocycles. The summed E-state index contributed by atoms with van der Waals surface area (Å²) in [4.78, 5) is 53.7. The standard InChI is InChI=1S/C19H18N4O6/c1-12-15(19(26)27)6-7-16(20-12)18(25)22-10-8-21(9-11-22)17(24)13-2-4-14(5-3-13)23(28)29/h2-7H,8-11H2,1H3,(H,26,27). The van der Waals surface area contributed by atoms with E-state index in [4.69, 9.17) is 5.11 Å². The number of aromatic nitrogens is 1. The second-order valence-electron chi connectivity index (χ2n) is 6.52. The molecule has 0 spiro atoms. The summed E-state index contributed by atoms with van der Waals surface area (Å²) >= 11 is 0. The number of carboxylic acids is 1. The summed E-state index contributed by atoms with van der Waals surface area (Å²) in [6.45, 7) is 2.76. The number of aryl methyl sites for hydroxylation is 1. The highest BCUT2D eigenvalue weighted by molar-refractivity contribution is 5.96. The van der Waals surface area contributed by atoms with Crippen molar-refractivity contribution >= 4 is 23.5 Å². The van der Waals surface area contributed by atoms with Crippen molar-refractivity contribution < 1.29 is 24.4 Å². The third-order valence-corrected chi connectivity index (χ3v) is 4.71. The molecule has 2 aromatic rings. The van der Waals surface area contributed by atoms with E-state index in [-0.39, 0.29) is 34.5 Å². The zero-order chi connectivity index (χ0) is 21.1. The van der Waals surface area contributed by atoms with Gasteiger partial charge in [-0.25, -0.2) is 9.78 Å². The smallest absolute Gasteiger partial charge is 0.337 e. The van der Waals surface area contributed by atoms with E-state index in [1.54, 1.807) is 9.80 Å². The maximum absolute atomic E-state index is 12.6. The molecule has 2 heterocycles. The Morgan fingerprint density at radius 2 is 1.52 bits per heavy atom. The van der Waals surface area contributed by atoms with Crippen molar-refractivity contribution in [1.29, 1.82) is 0 Å². The van der Waals surface area contributed by atoms with Gasteiger partial charge >= 0.3 is 5.97 Å². The van der Waals surface area contributed by atoms with Crippen LogP contribution in [0.3, 0.4) is 0 Å². The third kappa shape index (κ3) is 4.21. The predicted molar refractivity (Wildman–Crippen MR) is 101 cm³/mol. The minimum absolute atomic E-state index is 0.0417. The number of hydrogen-bond acceptors (Lipinski definition) is 6. The van der Waals surface area contributed by atoms with Crippen LogP contribution in [0, 0.1) is 17.0 Å². The van der Waals surface area contributed by atoms with Crippen molar-refractivity contribution in [1.82, 2.24) is 14.8 Å². The molecule has 1 aromatic heterocycles. The van der Waals surface area contributed by atoms with Gasteiger partial charge in [0.2, 0.25) is 0 Å². The van der Waals surface area contributed by atoms with Gasteiger partial charge in [0.25, 0.3) is 17.5 Å². The Labute approximate surface area is 165 Å². The number of nitrogens with zero attached hydrogens (tertiary/aromatic N) is 4. The Balaban J connectivity index is 1.63. The van der Waals surface area contributed by atoms with Crippen LogP contribution in [0.25, 0.3) is 0 Å². The normalized spacial score (nSPS) is 13.8. The molecule has 0 atom stereocenters. The molecular weight excluding hydrogens is 380 g/mol. The topological polar surface area (TPSA) is 134 Å². The van der Waals surface area contributed by atoms with Crippen molar-refractivity contribution in [2.45, 2.75) is 6.92 Å². The predicted octanol–water partition coefficient (Wildman–Crippen LogP) is 1.59. The number of benzene rings is 1. The summed E-state index contributed by atoms with van der Waals surface area (Å²) in [5.41, 5.74) is 0.712. The fourth-order valence-corrected chi connectivity index (χ4v) is 3.09. The number of aromatic carboxylic acids is 1. The average molecular weight is 398 g/mol. The second-order valence-corrected chi connectivity index (χ2v) is 6.52. The van der Waals surface area contributed by atoms with Gasteiger partial charge in [-0.1, -0.05) is 0 Å². The molecule has 10 heteroatoms. The number of nitro benzene ring substituents is 1. The van der Waals surface area contributed by atoms with E-state index in [2.05, 4.69) is 4.98 Å². The van der Waals surface area contributed by atoms with Crippen molar-refractivity contribution in [3.63, 3.8) is 0 Å². The highest BCUT2D eigenvalue weighted by Crippen LogP contribution is 2.16. The fraction of sp³-hybridized carbons (Fsp3) is 0.263. The van der Waals surface area contributed by atoms with Crippen molar-refractivity contribution in [3.8, 4) is 0 Å². The minimum atomic E-state index is -1.10. The number of carboxylic acid groups (broad SMARTS) is 1. The Morgan fingerprint density at radius 1 is 0.966 bits per heavy atom. The fourth-order valence-electron chi connectivity index (χ4n) is 3.09. The first kappa shape index (κ1) is 19.9. The van der Waals surface area contributed by atoms with Crippen LogP contribution in [0.4, 0.5) is 5.69 Å². The van der Waals surface area contributed by atoms with Gasteiger partial charge in [0, 0.05) is 43.9 Å². The molecule has 0 aliphatic carbocycles. The molecule has 1 aliphatic heterocycles. The molecule has 1 fully saturated rings. The van der Waals surface area contributed by atoms with Crippen LogP contribution in [0.2, 0.25) is 0 Å². The van der Waals surface area contributed by atoms with Crippen LogP contribution in [0.1, 0.15) is 36.9 Å². The van der Waals surface area contributed by atoms with E-state index in [0.29, 0.717) is 31.7 Å². The van der Waals surface area contributed by atoms with Crippen LogP contribution in [0.15, 0.2) is 36.4 Å². The number of carbonyl (C=O) groups is 3. The molecule has 2 amide bonds. The first-order valence-electron chi connectivity index (χ1n) is 8.82. The van der Waals surface area contributed by atoms with Gasteiger partial charge < -0.3 is 14.9 Å². The van der Waals surface area contributed by atoms with E-state index in [1.165, 1.54) is 43.3 Å². The molecule has 10 nitrogen and oxygen atoms in total. The summed E-state index contributed by atoms with van der Waals surface area (Å²) in [6, 6.07) is 8.12. The molecule has 0 saturated carbocycles. The highest BCUT2D eigenvalue weighted by atomic mass is 16.6. The van der Waals surface area contributed by atoms with E-state index < -0.39 is 10.9 Å². The number of hydrogen-bond donors (Lipinski definition) is 1. The zero-order valence-corrected chi connectivity index (χ0v) is 15.6. The summed E-state index contributed by atoms with van der Waals surface area (Å²) in [5, 5.41) is 19.8. The maximum Gasteiger partial charge on any atom is 0.337 e. The van der Waals surface area contributed by atoms with Crippen LogP contribution in [-0.4, -0.2) is 68.8 Å². The third-order valence-electron chi connectivity index (χ3n) is 4.71. The molecule has 1 saturated heterocycles. The lowest BCUT2D eigenvalue weighted by molar-refractivity contribution is -0.384. The second kappa shape index (κ2) is 8.05. The van der Waals surface area contributed by atoms with Crippen LogP contribution >= 0.6 is 0 Å². The van der Waals surface area contributed by atoms with Crippen LogP contribution in [-0.2, 0) is 0 Å². The maximum atomic E-state index is 12.6. The number of amides is 2. The van der Waals surface area contributed by atoms with Gasteiger partial charge in [0.15, 0.2) is 0 Å². The lowest BCUT2D eigenvalue weighted by Crippen LogP contribution is -2.50. The molecular formula is C19H18N4O6. The van der Waals surface area contributed by atoms with E-state index in [1.807, 2.05) is 0 Å². The molecule has 0 unspecified atom stereocenters. The van der Waals surface area contributed by atoms with Gasteiger partial charge in [-0.2, -0.15) is 0 Å². The summed E-state index contributed by atoms with van der Waals surface area (Å²) in [6.07, 6.45) is 0. The number of pyridine rings is 1. The molecule has 0 bridgehead atoms. The van der Waals surface area contributed by atoms with Gasteiger partial charge in [0.1, 0.15) is 5.69 Å². The van der Waals surface area contributed by atoms with Gasteiger partial charge in [0.05, 0.1) is 16.2 Å². The summed E-state index contributed by atoms with van der Waals surface area (Å²) in [5.74, 6) is -1.69. The summed E-state index contributed by atoms with van der Waals surface area (Å²) < 4.78 is 0. The number of rotatable bonds is 4. The summed E-state index contributed by atoms with van der Waals surface area (Å²) in [7, 11) is 0. The number of nitro groups is 1. The van der Waals surface area contributed by atoms with Crippen molar-refractivity contribution in [3.05, 3.63) is 69.0 Å². The molecule has 3 rings (SSSR count). The van der Waals surface area contributed by atoms with Crippen molar-refractivity contribution in [2.75, 3.05) is 26.2 Å². The number of piperazine rings is 1. The largest absolute Gasteiger partial charge is 0.478 e. The van der Waals surface area contributed by atoms with E-state index in [0.717, 1.165) is 0 Å². The van der Waals surface area contributed by atoms with Crippen LogP contribution in [0.5, 0.6) is 0 Å². The molecule has 0 radical (unpaired) electrons. The monoisotopic (exact) mass is 398 g/mol. The molecule has 29 heavy (non-hydrogen) atoms. The number of carbonyl (C=O) groups excluding carboxylic acids is 2. The Kier molecular flexibility index (Phi) is 5.53. The van der Waals surface area contributed by atoms with E-state index in [9.17, 15) is 24.5 Å². The lowest BCUT2D eigenvalue weighted by atomic mass is 10.1. The lowest BCUT2D eigenvalue weighted by Gasteiger charge is -2.34. The van der Waals surface area contributed by atoms with Gasteiger partial charge in [-0.15, -0.1) is 0 Å². The van der Waals surface area contributed by atoms with Gasteiger partial charge in [-0.3, -0.25) is 19.7 Å². The zero-order valence-electron chi connectivity index (χ0n) is 15.6. The van der Waals surface area contributed by atoms with Gasteiger partial charge in [-0.05, 0) is 31.2 Å². The first-order valence-corrected chi connectivity index (χ1v) is 8.82. The Hall–Kier alpha value is -3.82. The average Bonchev–Trinajstić information content (AvgIpc) is 2.72. The molecule has 1 aliphatic rings. The molecule has 1 N–H and O–H groups in total. The Bertz CT molecular complexity index is 981. The van der Waals surface area contributed by atoms with Crippen LogP contribution < -0.4 is 0 Å². The Morgan fingerprint density at radius 3 is 2.00 bits per heavy atom. The number of non-ortho nitro benzene ring substituents is 1. The SMILES string of the molecule is Cc1nc(C(=O)N2CCN(C(=O)c3ccc([N+](=O)[O-])cc3)CC2)ccc1C(=O)O. The van der Waals surface area contributed by atoms with Crippen molar-refractivity contribution in [2.24, 2.45) is 0 Å².